The van der Waals surface area contributed by atoms with Crippen molar-refractivity contribution < 1.29 is 0 Å². The molecule has 2 aromatic rings. The SMILES string of the molecule is CN(C)c1nc2sccc2c(=O)[nH]1. The van der Waals surface area contributed by atoms with Gasteiger partial charge in [-0.25, -0.2) is 4.98 Å². The van der Waals surface area contributed by atoms with Crippen LogP contribution in [0.25, 0.3) is 10.2 Å². The number of aromatic nitrogens is 2. The second kappa shape index (κ2) is 2.85. The summed E-state index contributed by atoms with van der Waals surface area (Å²) in [5, 5.41) is 2.53. The minimum atomic E-state index is -0.0741. The first-order chi connectivity index (χ1) is 6.18. The first-order valence-corrected chi connectivity index (χ1v) is 4.71. The zero-order chi connectivity index (χ0) is 9.42. The average molecular weight is 195 g/mol. The standard InChI is InChI=1S/C8H9N3OS/c1-11(2)8-9-6(12)5-3-4-13-7(5)10-8/h3-4H,1-2H3,(H,9,10,12). The van der Waals surface area contributed by atoms with Crippen molar-refractivity contribution in [3.63, 3.8) is 0 Å². The molecule has 1 N–H and O–H groups in total. The van der Waals surface area contributed by atoms with Crippen molar-refractivity contribution in [3.8, 4) is 0 Å². The summed E-state index contributed by atoms with van der Waals surface area (Å²) in [7, 11) is 3.69. The molecule has 5 heteroatoms. The molecule has 4 nitrogen and oxygen atoms in total. The highest BCUT2D eigenvalue weighted by molar-refractivity contribution is 7.16. The molecule has 0 spiro atoms. The molecule has 2 aromatic heterocycles. The summed E-state index contributed by atoms with van der Waals surface area (Å²) in [4.78, 5) is 21.0. The molecule has 0 aromatic carbocycles. The van der Waals surface area contributed by atoms with Crippen LogP contribution in [0.2, 0.25) is 0 Å². The lowest BCUT2D eigenvalue weighted by atomic mass is 10.4. The number of hydrogen-bond acceptors (Lipinski definition) is 4. The van der Waals surface area contributed by atoms with E-state index in [1.165, 1.54) is 11.3 Å². The fourth-order valence-corrected chi connectivity index (χ4v) is 1.83. The van der Waals surface area contributed by atoms with Crippen molar-refractivity contribution in [1.29, 1.82) is 0 Å². The van der Waals surface area contributed by atoms with E-state index in [2.05, 4.69) is 9.97 Å². The first-order valence-electron chi connectivity index (χ1n) is 3.83. The maximum absolute atomic E-state index is 11.4. The lowest BCUT2D eigenvalue weighted by Crippen LogP contribution is -2.18. The maximum atomic E-state index is 11.4. The molecule has 0 saturated heterocycles. The molecule has 0 fully saturated rings. The predicted molar refractivity (Wildman–Crippen MR) is 54.6 cm³/mol. The van der Waals surface area contributed by atoms with Crippen LogP contribution in [0.15, 0.2) is 16.2 Å². The van der Waals surface area contributed by atoms with Gasteiger partial charge in [0.15, 0.2) is 0 Å². The van der Waals surface area contributed by atoms with Crippen LogP contribution < -0.4 is 10.5 Å². The third-order valence-electron chi connectivity index (χ3n) is 1.75. The van der Waals surface area contributed by atoms with Crippen LogP contribution in [-0.2, 0) is 0 Å². The van der Waals surface area contributed by atoms with E-state index in [0.717, 1.165) is 4.83 Å². The molecule has 0 radical (unpaired) electrons. The van der Waals surface area contributed by atoms with Crippen LogP contribution in [0.3, 0.4) is 0 Å². The number of hydrogen-bond donors (Lipinski definition) is 1. The number of thiophene rings is 1. The monoisotopic (exact) mass is 195 g/mol. The normalized spacial score (nSPS) is 10.6. The highest BCUT2D eigenvalue weighted by atomic mass is 32.1. The van der Waals surface area contributed by atoms with Crippen molar-refractivity contribution in [2.45, 2.75) is 0 Å². The van der Waals surface area contributed by atoms with Gasteiger partial charge in [0.1, 0.15) is 4.83 Å². The van der Waals surface area contributed by atoms with Gasteiger partial charge in [0.2, 0.25) is 5.95 Å². The Morgan fingerprint density at radius 3 is 3.00 bits per heavy atom. The second-order valence-corrected chi connectivity index (χ2v) is 3.82. The molecule has 2 rings (SSSR count). The lowest BCUT2D eigenvalue weighted by Gasteiger charge is -2.09. The summed E-state index contributed by atoms with van der Waals surface area (Å²) in [6.07, 6.45) is 0. The number of anilines is 1. The van der Waals surface area contributed by atoms with Crippen molar-refractivity contribution in [3.05, 3.63) is 21.8 Å². The van der Waals surface area contributed by atoms with Crippen LogP contribution in [0.5, 0.6) is 0 Å². The van der Waals surface area contributed by atoms with Crippen molar-refractivity contribution >= 4 is 27.5 Å². The number of nitrogens with zero attached hydrogens (tertiary/aromatic N) is 2. The predicted octanol–water partition coefficient (Wildman–Crippen LogP) is 1.05. The van der Waals surface area contributed by atoms with E-state index >= 15 is 0 Å². The summed E-state index contributed by atoms with van der Waals surface area (Å²) >= 11 is 1.48. The number of H-pyrrole nitrogens is 1. The van der Waals surface area contributed by atoms with Gasteiger partial charge in [0.25, 0.3) is 5.56 Å². The Bertz CT molecular complexity index is 485. The second-order valence-electron chi connectivity index (χ2n) is 2.92. The number of fused-ring (bicyclic) bond motifs is 1. The van der Waals surface area contributed by atoms with Gasteiger partial charge in [0, 0.05) is 14.1 Å². The number of rotatable bonds is 1. The molecule has 0 aliphatic heterocycles. The Morgan fingerprint density at radius 2 is 2.31 bits per heavy atom. The van der Waals surface area contributed by atoms with Crippen molar-refractivity contribution in [2.24, 2.45) is 0 Å². The van der Waals surface area contributed by atoms with Crippen LogP contribution in [-0.4, -0.2) is 24.1 Å². The summed E-state index contributed by atoms with van der Waals surface area (Å²) in [5.74, 6) is 0.597. The third-order valence-corrected chi connectivity index (χ3v) is 2.55. The van der Waals surface area contributed by atoms with Gasteiger partial charge >= 0.3 is 0 Å². The smallest absolute Gasteiger partial charge is 0.261 e. The molecule has 13 heavy (non-hydrogen) atoms. The van der Waals surface area contributed by atoms with Crippen LogP contribution in [0.1, 0.15) is 0 Å². The molecule has 0 aliphatic rings. The van der Waals surface area contributed by atoms with E-state index in [1.807, 2.05) is 19.5 Å². The molecule has 0 saturated carbocycles. The van der Waals surface area contributed by atoms with E-state index in [-0.39, 0.29) is 5.56 Å². The van der Waals surface area contributed by atoms with E-state index < -0.39 is 0 Å². The topological polar surface area (TPSA) is 49.0 Å². The average Bonchev–Trinajstić information content (AvgIpc) is 2.51. The molecule has 68 valence electrons. The van der Waals surface area contributed by atoms with Crippen LogP contribution in [0, 0.1) is 0 Å². The van der Waals surface area contributed by atoms with Crippen molar-refractivity contribution in [1.82, 2.24) is 9.97 Å². The summed E-state index contributed by atoms with van der Waals surface area (Å²) in [6.45, 7) is 0. The fraction of sp³-hybridized carbons (Fsp3) is 0.250. The highest BCUT2D eigenvalue weighted by Gasteiger charge is 2.04. The zero-order valence-electron chi connectivity index (χ0n) is 7.37. The molecule has 0 unspecified atom stereocenters. The molecule has 0 atom stereocenters. The Balaban J connectivity index is 2.77. The summed E-state index contributed by atoms with van der Waals surface area (Å²) < 4.78 is 0. The summed E-state index contributed by atoms with van der Waals surface area (Å²) in [5.41, 5.74) is -0.0741. The van der Waals surface area contributed by atoms with Crippen LogP contribution >= 0.6 is 11.3 Å². The molecule has 0 bridgehead atoms. The number of nitrogens with one attached hydrogen (secondary N) is 1. The van der Waals surface area contributed by atoms with Gasteiger partial charge < -0.3 is 4.90 Å². The molecule has 0 amide bonds. The quantitative estimate of drug-likeness (QED) is 0.740. The lowest BCUT2D eigenvalue weighted by molar-refractivity contribution is 1.01. The van der Waals surface area contributed by atoms with Crippen molar-refractivity contribution in [2.75, 3.05) is 19.0 Å². The van der Waals surface area contributed by atoms with Gasteiger partial charge in [-0.05, 0) is 11.4 Å². The molecular weight excluding hydrogens is 186 g/mol. The maximum Gasteiger partial charge on any atom is 0.261 e. The summed E-state index contributed by atoms with van der Waals surface area (Å²) in [6, 6.07) is 1.78. The third kappa shape index (κ3) is 1.31. The van der Waals surface area contributed by atoms with Gasteiger partial charge in [-0.3, -0.25) is 9.78 Å². The van der Waals surface area contributed by atoms with Gasteiger partial charge in [-0.2, -0.15) is 0 Å². The van der Waals surface area contributed by atoms with E-state index in [0.29, 0.717) is 11.3 Å². The molecule has 0 aliphatic carbocycles. The minimum Gasteiger partial charge on any atom is -0.348 e. The van der Waals surface area contributed by atoms with Crippen LogP contribution in [0.4, 0.5) is 5.95 Å². The first kappa shape index (κ1) is 8.25. The number of aromatic amines is 1. The molecular formula is C8H9N3OS. The molecule has 2 heterocycles. The van der Waals surface area contributed by atoms with E-state index in [9.17, 15) is 4.79 Å². The van der Waals surface area contributed by atoms with Gasteiger partial charge in [0.05, 0.1) is 5.39 Å². The van der Waals surface area contributed by atoms with E-state index in [4.69, 9.17) is 0 Å². The fourth-order valence-electron chi connectivity index (χ4n) is 1.07. The minimum absolute atomic E-state index is 0.0741. The Morgan fingerprint density at radius 1 is 1.54 bits per heavy atom. The Labute approximate surface area is 78.8 Å². The van der Waals surface area contributed by atoms with Gasteiger partial charge in [-0.1, -0.05) is 0 Å². The van der Waals surface area contributed by atoms with Gasteiger partial charge in [-0.15, -0.1) is 11.3 Å². The highest BCUT2D eigenvalue weighted by Crippen LogP contribution is 2.15. The zero-order valence-corrected chi connectivity index (χ0v) is 8.18. The largest absolute Gasteiger partial charge is 0.348 e. The Hall–Kier alpha value is -1.36. The van der Waals surface area contributed by atoms with E-state index in [1.54, 1.807) is 11.0 Å². The Kier molecular flexibility index (Phi) is 1.81.